The Morgan fingerprint density at radius 1 is 1.47 bits per heavy atom. The van der Waals surface area contributed by atoms with Gasteiger partial charge in [0, 0.05) is 22.3 Å². The van der Waals surface area contributed by atoms with E-state index in [1.54, 1.807) is 0 Å². The van der Waals surface area contributed by atoms with Crippen LogP contribution >= 0.6 is 0 Å². The maximum Gasteiger partial charge on any atom is 0.0876 e. The minimum Gasteiger partial charge on any atom is -0.501 e. The summed E-state index contributed by atoms with van der Waals surface area (Å²) in [5.74, 6) is 2.41. The lowest BCUT2D eigenvalue weighted by molar-refractivity contribution is 0.221. The zero-order valence-electron chi connectivity index (χ0n) is 9.83. The highest BCUT2D eigenvalue weighted by Gasteiger charge is 2.16. The molecule has 0 radical (unpaired) electrons. The van der Waals surface area contributed by atoms with E-state index in [1.165, 1.54) is 18.4 Å². The molecule has 2 nitrogen and oxygen atoms in total. The molecule has 0 aromatic rings. The van der Waals surface area contributed by atoms with Gasteiger partial charge in [0.15, 0.2) is 0 Å². The van der Waals surface area contributed by atoms with Crippen molar-refractivity contribution in [2.75, 3.05) is 18.1 Å². The molecule has 1 heterocycles. The van der Waals surface area contributed by atoms with Crippen molar-refractivity contribution in [2.24, 2.45) is 5.92 Å². The van der Waals surface area contributed by atoms with E-state index in [-0.39, 0.29) is 0 Å². The topological polar surface area (TPSA) is 26.3 Å². The van der Waals surface area contributed by atoms with E-state index < -0.39 is 10.8 Å². The SMILES string of the molecule is CC(C)=COCCC1CCCCS(=O)C1. The average Bonchev–Trinajstić information content (AvgIpc) is 2.37. The summed E-state index contributed by atoms with van der Waals surface area (Å²) in [5.41, 5.74) is 1.19. The molecule has 1 aliphatic rings. The Labute approximate surface area is 95.5 Å². The number of hydrogen-bond donors (Lipinski definition) is 0. The third-order valence-electron chi connectivity index (χ3n) is 2.62. The standard InChI is InChI=1S/C12H22O2S/c1-11(2)9-14-7-6-12-5-3-4-8-15(13)10-12/h9,12H,3-8,10H2,1-2H3. The molecule has 0 amide bonds. The van der Waals surface area contributed by atoms with Crippen LogP contribution in [0.2, 0.25) is 0 Å². The Morgan fingerprint density at radius 2 is 2.27 bits per heavy atom. The normalized spacial score (nSPS) is 26.8. The second-order valence-electron chi connectivity index (χ2n) is 4.53. The molecule has 0 aliphatic carbocycles. The van der Waals surface area contributed by atoms with Gasteiger partial charge in [0.25, 0.3) is 0 Å². The van der Waals surface area contributed by atoms with Gasteiger partial charge in [0.05, 0.1) is 12.9 Å². The lowest BCUT2D eigenvalue weighted by Crippen LogP contribution is -2.11. The van der Waals surface area contributed by atoms with Gasteiger partial charge in [-0.05, 0) is 44.6 Å². The van der Waals surface area contributed by atoms with Crippen LogP contribution < -0.4 is 0 Å². The van der Waals surface area contributed by atoms with E-state index >= 15 is 0 Å². The van der Waals surface area contributed by atoms with Gasteiger partial charge in [0.1, 0.15) is 0 Å². The fourth-order valence-electron chi connectivity index (χ4n) is 1.81. The highest BCUT2D eigenvalue weighted by atomic mass is 32.2. The summed E-state index contributed by atoms with van der Waals surface area (Å²) in [5, 5.41) is 0. The largest absolute Gasteiger partial charge is 0.501 e. The molecule has 0 aromatic heterocycles. The van der Waals surface area contributed by atoms with Crippen LogP contribution in [0.3, 0.4) is 0 Å². The van der Waals surface area contributed by atoms with Crippen molar-refractivity contribution >= 4 is 10.8 Å². The number of rotatable bonds is 4. The van der Waals surface area contributed by atoms with Crippen molar-refractivity contribution in [2.45, 2.75) is 39.5 Å². The number of hydrogen-bond acceptors (Lipinski definition) is 2. The summed E-state index contributed by atoms with van der Waals surface area (Å²) in [4.78, 5) is 0. The average molecular weight is 230 g/mol. The van der Waals surface area contributed by atoms with Gasteiger partial charge >= 0.3 is 0 Å². The molecule has 1 fully saturated rings. The van der Waals surface area contributed by atoms with E-state index in [0.29, 0.717) is 5.92 Å². The maximum atomic E-state index is 11.5. The fraction of sp³-hybridized carbons (Fsp3) is 0.833. The second-order valence-corrected chi connectivity index (χ2v) is 6.15. The van der Waals surface area contributed by atoms with Crippen molar-refractivity contribution in [3.05, 3.63) is 11.8 Å². The molecule has 1 rings (SSSR count). The van der Waals surface area contributed by atoms with Crippen molar-refractivity contribution in [3.63, 3.8) is 0 Å². The molecule has 0 saturated carbocycles. The minimum absolute atomic E-state index is 0.573. The summed E-state index contributed by atoms with van der Waals surface area (Å²) in [6, 6.07) is 0. The van der Waals surface area contributed by atoms with Crippen LogP contribution in [-0.2, 0) is 15.5 Å². The molecular formula is C12H22O2S. The molecule has 2 atom stereocenters. The molecule has 1 aliphatic heterocycles. The highest BCUT2D eigenvalue weighted by molar-refractivity contribution is 7.84. The van der Waals surface area contributed by atoms with E-state index in [2.05, 4.69) is 0 Å². The van der Waals surface area contributed by atoms with Crippen LogP contribution in [0.1, 0.15) is 39.5 Å². The van der Waals surface area contributed by atoms with Gasteiger partial charge in [-0.1, -0.05) is 6.42 Å². The Morgan fingerprint density at radius 3 is 3.00 bits per heavy atom. The molecular weight excluding hydrogens is 208 g/mol. The van der Waals surface area contributed by atoms with E-state index in [9.17, 15) is 4.21 Å². The predicted molar refractivity (Wildman–Crippen MR) is 65.2 cm³/mol. The predicted octanol–water partition coefficient (Wildman–Crippen LogP) is 2.87. The summed E-state index contributed by atoms with van der Waals surface area (Å²) in [7, 11) is -0.573. The molecule has 0 N–H and O–H groups in total. The van der Waals surface area contributed by atoms with Gasteiger partial charge in [-0.15, -0.1) is 0 Å². The Kier molecular flexibility index (Phi) is 5.99. The zero-order valence-corrected chi connectivity index (χ0v) is 10.6. The lowest BCUT2D eigenvalue weighted by Gasteiger charge is -2.12. The first-order valence-electron chi connectivity index (χ1n) is 5.78. The van der Waals surface area contributed by atoms with Crippen molar-refractivity contribution < 1.29 is 8.95 Å². The van der Waals surface area contributed by atoms with Crippen molar-refractivity contribution in [1.82, 2.24) is 0 Å². The Balaban J connectivity index is 2.19. The molecule has 2 unspecified atom stereocenters. The van der Waals surface area contributed by atoms with Gasteiger partial charge in [-0.25, -0.2) is 0 Å². The molecule has 88 valence electrons. The smallest absolute Gasteiger partial charge is 0.0876 e. The summed E-state index contributed by atoms with van der Waals surface area (Å²) in [6.45, 7) is 4.83. The van der Waals surface area contributed by atoms with Crippen LogP contribution in [0.4, 0.5) is 0 Å². The molecule has 15 heavy (non-hydrogen) atoms. The second kappa shape index (κ2) is 7.04. The third-order valence-corrected chi connectivity index (χ3v) is 4.21. The monoisotopic (exact) mass is 230 g/mol. The van der Waals surface area contributed by atoms with Gasteiger partial charge < -0.3 is 4.74 Å². The lowest BCUT2D eigenvalue weighted by atomic mass is 10.0. The van der Waals surface area contributed by atoms with E-state index in [4.69, 9.17) is 4.74 Å². The number of ether oxygens (including phenoxy) is 1. The molecule has 1 saturated heterocycles. The van der Waals surface area contributed by atoms with Crippen LogP contribution in [-0.4, -0.2) is 22.3 Å². The Hall–Kier alpha value is -0.310. The molecule has 0 aromatic carbocycles. The Bertz CT molecular complexity index is 232. The first-order chi connectivity index (χ1) is 7.18. The number of allylic oxidation sites excluding steroid dienone is 1. The van der Waals surface area contributed by atoms with Crippen LogP contribution in [0.25, 0.3) is 0 Å². The zero-order chi connectivity index (χ0) is 11.1. The van der Waals surface area contributed by atoms with Gasteiger partial charge in [-0.3, -0.25) is 4.21 Å². The first-order valence-corrected chi connectivity index (χ1v) is 7.27. The van der Waals surface area contributed by atoms with E-state index in [1.807, 2.05) is 20.1 Å². The summed E-state index contributed by atoms with van der Waals surface area (Å²) < 4.78 is 16.9. The fourth-order valence-corrected chi connectivity index (χ4v) is 3.37. The minimum atomic E-state index is -0.573. The molecule has 0 bridgehead atoms. The van der Waals surface area contributed by atoms with Gasteiger partial charge in [0.2, 0.25) is 0 Å². The quantitative estimate of drug-likeness (QED) is 0.548. The van der Waals surface area contributed by atoms with Crippen molar-refractivity contribution in [3.8, 4) is 0 Å². The van der Waals surface area contributed by atoms with Crippen molar-refractivity contribution in [1.29, 1.82) is 0 Å². The first kappa shape index (κ1) is 12.8. The van der Waals surface area contributed by atoms with Crippen LogP contribution in [0.15, 0.2) is 11.8 Å². The van der Waals surface area contributed by atoms with Gasteiger partial charge in [-0.2, -0.15) is 0 Å². The third kappa shape index (κ3) is 5.98. The van der Waals surface area contributed by atoms with E-state index in [0.717, 1.165) is 31.0 Å². The van der Waals surface area contributed by atoms with Crippen LogP contribution in [0.5, 0.6) is 0 Å². The highest BCUT2D eigenvalue weighted by Crippen LogP contribution is 2.19. The molecule has 3 heteroatoms. The maximum absolute atomic E-state index is 11.5. The molecule has 0 spiro atoms. The summed E-state index contributed by atoms with van der Waals surface area (Å²) in [6.07, 6.45) is 6.46. The van der Waals surface area contributed by atoms with Crippen LogP contribution in [0, 0.1) is 5.92 Å². The summed E-state index contributed by atoms with van der Waals surface area (Å²) >= 11 is 0.